The van der Waals surface area contributed by atoms with Crippen molar-refractivity contribution < 1.29 is 12.8 Å². The Hall–Kier alpha value is -0.980. The number of rotatable bonds is 4. The first-order valence-electron chi connectivity index (χ1n) is 6.93. The van der Waals surface area contributed by atoms with Crippen molar-refractivity contribution in [3.8, 4) is 0 Å². The Morgan fingerprint density at radius 1 is 1.35 bits per heavy atom. The lowest BCUT2D eigenvalue weighted by Gasteiger charge is -2.31. The molecule has 3 N–H and O–H groups in total. The summed E-state index contributed by atoms with van der Waals surface area (Å²) < 4.78 is 41.3. The van der Waals surface area contributed by atoms with Gasteiger partial charge in [0.25, 0.3) is 0 Å². The van der Waals surface area contributed by atoms with Gasteiger partial charge in [0.2, 0.25) is 10.0 Å². The molecule has 4 nitrogen and oxygen atoms in total. The molecule has 0 heterocycles. The van der Waals surface area contributed by atoms with Gasteiger partial charge in [0.1, 0.15) is 10.7 Å². The maximum absolute atomic E-state index is 14.0. The molecule has 1 aliphatic carbocycles. The summed E-state index contributed by atoms with van der Waals surface area (Å²) in [6.07, 6.45) is 3.72. The number of hydrogen-bond acceptors (Lipinski definition) is 3. The highest BCUT2D eigenvalue weighted by Crippen LogP contribution is 2.26. The van der Waals surface area contributed by atoms with E-state index >= 15 is 0 Å². The smallest absolute Gasteiger partial charge is 0.243 e. The highest BCUT2D eigenvalue weighted by molar-refractivity contribution is 7.89. The van der Waals surface area contributed by atoms with Gasteiger partial charge in [-0.3, -0.25) is 0 Å². The topological polar surface area (TPSA) is 72.2 Å². The first-order valence-corrected chi connectivity index (χ1v) is 8.41. The van der Waals surface area contributed by atoms with E-state index in [0.717, 1.165) is 25.7 Å². The molecule has 0 amide bonds. The van der Waals surface area contributed by atoms with Crippen molar-refractivity contribution in [3.63, 3.8) is 0 Å². The molecule has 20 heavy (non-hydrogen) atoms. The van der Waals surface area contributed by atoms with Gasteiger partial charge in [0, 0.05) is 6.04 Å². The van der Waals surface area contributed by atoms with E-state index in [1.54, 1.807) is 19.1 Å². The van der Waals surface area contributed by atoms with Gasteiger partial charge in [-0.15, -0.1) is 0 Å². The van der Waals surface area contributed by atoms with Crippen LogP contribution < -0.4 is 10.5 Å². The number of nitrogens with one attached hydrogen (secondary N) is 1. The Kier molecular flexibility index (Phi) is 4.78. The van der Waals surface area contributed by atoms with Gasteiger partial charge >= 0.3 is 0 Å². The molecular formula is C14H21FN2O2S. The van der Waals surface area contributed by atoms with Crippen LogP contribution in [0.25, 0.3) is 0 Å². The molecule has 1 aromatic rings. The Balaban J connectivity index is 2.24. The van der Waals surface area contributed by atoms with Crippen LogP contribution >= 0.6 is 0 Å². The third kappa shape index (κ3) is 3.19. The molecule has 1 fully saturated rings. The Bertz CT molecular complexity index is 575. The summed E-state index contributed by atoms with van der Waals surface area (Å²) in [6.45, 7) is 2.00. The zero-order chi connectivity index (χ0) is 14.8. The molecule has 0 radical (unpaired) electrons. The summed E-state index contributed by atoms with van der Waals surface area (Å²) >= 11 is 0. The molecule has 0 saturated heterocycles. The molecule has 0 bridgehead atoms. The van der Waals surface area contributed by atoms with E-state index in [1.165, 1.54) is 6.07 Å². The van der Waals surface area contributed by atoms with Gasteiger partial charge < -0.3 is 5.73 Å². The maximum atomic E-state index is 14.0. The van der Waals surface area contributed by atoms with Crippen LogP contribution in [0.2, 0.25) is 0 Å². The molecule has 112 valence electrons. The normalized spacial score (nSPS) is 23.8. The van der Waals surface area contributed by atoms with E-state index < -0.39 is 15.8 Å². The van der Waals surface area contributed by atoms with Crippen molar-refractivity contribution in [3.05, 3.63) is 29.6 Å². The van der Waals surface area contributed by atoms with E-state index in [-0.39, 0.29) is 16.9 Å². The van der Waals surface area contributed by atoms with Crippen molar-refractivity contribution in [1.82, 2.24) is 4.72 Å². The number of hydrogen-bond donors (Lipinski definition) is 2. The highest BCUT2D eigenvalue weighted by Gasteiger charge is 2.30. The van der Waals surface area contributed by atoms with Gasteiger partial charge in [-0.1, -0.05) is 25.0 Å². The van der Waals surface area contributed by atoms with E-state index in [2.05, 4.69) is 4.72 Å². The molecule has 0 spiro atoms. The second-order valence-electron chi connectivity index (χ2n) is 5.40. The maximum Gasteiger partial charge on any atom is 0.243 e. The number of nitrogens with two attached hydrogens (primary N) is 1. The van der Waals surface area contributed by atoms with Gasteiger partial charge in [-0.05, 0) is 43.9 Å². The fraction of sp³-hybridized carbons (Fsp3) is 0.571. The van der Waals surface area contributed by atoms with Gasteiger partial charge in [-0.25, -0.2) is 17.5 Å². The quantitative estimate of drug-likeness (QED) is 0.892. The summed E-state index contributed by atoms with van der Waals surface area (Å²) in [7, 11) is -3.84. The Morgan fingerprint density at radius 2 is 2.05 bits per heavy atom. The standard InChI is InChI=1S/C14H21FN2O2S/c1-10-5-4-8-13(14(10)15)20(18,19)17-12-7-3-2-6-11(12)9-16/h4-5,8,11-12,17H,2-3,6-7,9,16H2,1H3. The van der Waals surface area contributed by atoms with Crippen molar-refractivity contribution >= 4 is 10.0 Å². The van der Waals surface area contributed by atoms with Crippen LogP contribution in [0, 0.1) is 18.7 Å². The lowest BCUT2D eigenvalue weighted by atomic mass is 9.85. The van der Waals surface area contributed by atoms with E-state index in [1.807, 2.05) is 0 Å². The Morgan fingerprint density at radius 3 is 2.75 bits per heavy atom. The SMILES string of the molecule is Cc1cccc(S(=O)(=O)NC2CCCCC2CN)c1F. The molecule has 2 unspecified atom stereocenters. The van der Waals surface area contributed by atoms with Crippen LogP contribution in [-0.2, 0) is 10.0 Å². The summed E-state index contributed by atoms with van der Waals surface area (Å²) in [4.78, 5) is -0.279. The molecule has 1 aromatic carbocycles. The summed E-state index contributed by atoms with van der Waals surface area (Å²) in [6, 6.07) is 4.20. The van der Waals surface area contributed by atoms with E-state index in [4.69, 9.17) is 5.73 Å². The van der Waals surface area contributed by atoms with Crippen LogP contribution in [-0.4, -0.2) is 21.0 Å². The number of halogens is 1. The number of aryl methyl sites for hydroxylation is 1. The largest absolute Gasteiger partial charge is 0.330 e. The molecule has 1 saturated carbocycles. The molecule has 2 atom stereocenters. The average Bonchev–Trinajstić information content (AvgIpc) is 2.42. The lowest BCUT2D eigenvalue weighted by molar-refractivity contribution is 0.296. The fourth-order valence-electron chi connectivity index (χ4n) is 2.74. The predicted octanol–water partition coefficient (Wildman–Crippen LogP) is 1.93. The van der Waals surface area contributed by atoms with Crippen molar-refractivity contribution in [2.75, 3.05) is 6.54 Å². The minimum absolute atomic E-state index is 0.131. The summed E-state index contributed by atoms with van der Waals surface area (Å²) in [5.41, 5.74) is 6.02. The van der Waals surface area contributed by atoms with Gasteiger partial charge in [0.15, 0.2) is 0 Å². The minimum atomic E-state index is -3.84. The number of benzene rings is 1. The van der Waals surface area contributed by atoms with Crippen molar-refractivity contribution in [2.24, 2.45) is 11.7 Å². The zero-order valence-electron chi connectivity index (χ0n) is 11.6. The van der Waals surface area contributed by atoms with E-state index in [9.17, 15) is 12.8 Å². The van der Waals surface area contributed by atoms with Crippen molar-refractivity contribution in [2.45, 2.75) is 43.5 Å². The molecule has 0 aliphatic heterocycles. The highest BCUT2D eigenvalue weighted by atomic mass is 32.2. The van der Waals surface area contributed by atoms with Crippen molar-refractivity contribution in [1.29, 1.82) is 0 Å². The van der Waals surface area contributed by atoms with Crippen LogP contribution in [0.15, 0.2) is 23.1 Å². The first kappa shape index (κ1) is 15.4. The minimum Gasteiger partial charge on any atom is -0.330 e. The second-order valence-corrected chi connectivity index (χ2v) is 7.08. The van der Waals surface area contributed by atoms with Gasteiger partial charge in [0.05, 0.1) is 0 Å². The predicted molar refractivity (Wildman–Crippen MR) is 76.3 cm³/mol. The summed E-state index contributed by atoms with van der Waals surface area (Å²) in [5.74, 6) is -0.550. The van der Waals surface area contributed by atoms with Crippen LogP contribution in [0.5, 0.6) is 0 Å². The molecular weight excluding hydrogens is 279 g/mol. The van der Waals surface area contributed by atoms with Gasteiger partial charge in [-0.2, -0.15) is 0 Å². The Labute approximate surface area is 119 Å². The fourth-order valence-corrected chi connectivity index (χ4v) is 4.23. The van der Waals surface area contributed by atoms with E-state index in [0.29, 0.717) is 12.1 Å². The van der Waals surface area contributed by atoms with Crippen LogP contribution in [0.4, 0.5) is 4.39 Å². The molecule has 2 rings (SSSR count). The molecule has 0 aromatic heterocycles. The third-order valence-electron chi connectivity index (χ3n) is 3.96. The monoisotopic (exact) mass is 300 g/mol. The summed E-state index contributed by atoms with van der Waals surface area (Å²) in [5, 5.41) is 0. The zero-order valence-corrected chi connectivity index (χ0v) is 12.4. The lowest BCUT2D eigenvalue weighted by Crippen LogP contribution is -2.44. The molecule has 1 aliphatic rings. The van der Waals surface area contributed by atoms with Crippen LogP contribution in [0.1, 0.15) is 31.2 Å². The second kappa shape index (κ2) is 6.20. The number of sulfonamides is 1. The third-order valence-corrected chi connectivity index (χ3v) is 5.47. The first-order chi connectivity index (χ1) is 9.45. The molecule has 6 heteroatoms. The van der Waals surface area contributed by atoms with Crippen LogP contribution in [0.3, 0.4) is 0 Å². The average molecular weight is 300 g/mol.